The SMILES string of the molecule is CN1C(c2ccccc2)=NC(c2ccccc2)=NC1c1ccc2c(c1)-c1cc(C(=N)SC(=[NH2+])c3ccccc3)ccc1C2(F)F. The van der Waals surface area contributed by atoms with Crippen molar-refractivity contribution in [3.05, 3.63) is 166 Å². The van der Waals surface area contributed by atoms with Crippen molar-refractivity contribution >= 4 is 33.5 Å². The molecule has 45 heavy (non-hydrogen) atoms. The maximum Gasteiger partial charge on any atom is 0.299 e. The van der Waals surface area contributed by atoms with Gasteiger partial charge >= 0.3 is 0 Å². The Kier molecular flexibility index (Phi) is 7.22. The molecular weight excluding hydrogens is 585 g/mol. The Balaban J connectivity index is 1.28. The fourth-order valence-electron chi connectivity index (χ4n) is 5.78. The van der Waals surface area contributed by atoms with Gasteiger partial charge in [-0.15, -0.1) is 0 Å². The van der Waals surface area contributed by atoms with Crippen LogP contribution in [-0.2, 0) is 5.92 Å². The first-order valence-corrected chi connectivity index (χ1v) is 15.2. The van der Waals surface area contributed by atoms with Crippen LogP contribution < -0.4 is 5.41 Å². The van der Waals surface area contributed by atoms with Gasteiger partial charge in [-0.3, -0.25) is 5.41 Å². The normalized spacial score (nSPS) is 16.3. The molecule has 0 spiro atoms. The molecule has 0 saturated carbocycles. The Morgan fingerprint density at radius 3 is 2.00 bits per heavy atom. The maximum atomic E-state index is 15.8. The molecule has 5 aromatic carbocycles. The summed E-state index contributed by atoms with van der Waals surface area (Å²) in [4.78, 5) is 11.9. The third-order valence-electron chi connectivity index (χ3n) is 8.08. The number of halogens is 2. The molecule has 0 amide bonds. The number of hydrogen-bond acceptors (Lipinski definition) is 5. The molecule has 1 aliphatic carbocycles. The molecule has 220 valence electrons. The minimum Gasteiger partial charge on any atom is -0.333 e. The molecule has 1 aliphatic heterocycles. The first-order valence-electron chi connectivity index (χ1n) is 14.4. The van der Waals surface area contributed by atoms with Gasteiger partial charge in [0.15, 0.2) is 12.0 Å². The molecule has 0 fully saturated rings. The van der Waals surface area contributed by atoms with Crippen molar-refractivity contribution < 1.29 is 14.2 Å². The van der Waals surface area contributed by atoms with Crippen LogP contribution in [0.5, 0.6) is 0 Å². The largest absolute Gasteiger partial charge is 0.333 e. The van der Waals surface area contributed by atoms with E-state index >= 15 is 8.78 Å². The number of hydrogen-bond donors (Lipinski definition) is 2. The van der Waals surface area contributed by atoms with Crippen LogP contribution in [0.1, 0.15) is 45.1 Å². The molecule has 1 heterocycles. The van der Waals surface area contributed by atoms with Crippen molar-refractivity contribution in [3.8, 4) is 11.1 Å². The minimum absolute atomic E-state index is 0.0596. The van der Waals surface area contributed by atoms with E-state index in [1.807, 2.05) is 103 Å². The monoisotopic (exact) mass is 612 g/mol. The van der Waals surface area contributed by atoms with Crippen LogP contribution in [0.3, 0.4) is 0 Å². The average molecular weight is 613 g/mol. The van der Waals surface area contributed by atoms with Gasteiger partial charge < -0.3 is 4.90 Å². The molecule has 0 radical (unpaired) electrons. The van der Waals surface area contributed by atoms with Gasteiger partial charge in [0.1, 0.15) is 10.9 Å². The zero-order chi connectivity index (χ0) is 31.1. The molecule has 3 N–H and O–H groups in total. The van der Waals surface area contributed by atoms with Gasteiger partial charge in [-0.2, -0.15) is 8.78 Å². The number of thioether (sulfide) groups is 1. The summed E-state index contributed by atoms with van der Waals surface area (Å²) in [5.41, 5.74) is 4.58. The third-order valence-corrected chi connectivity index (χ3v) is 8.98. The van der Waals surface area contributed by atoms with Gasteiger partial charge in [0.2, 0.25) is 5.04 Å². The zero-order valence-electron chi connectivity index (χ0n) is 24.3. The lowest BCUT2D eigenvalue weighted by molar-refractivity contribution is -0.107. The van der Waals surface area contributed by atoms with Crippen LogP contribution in [0.15, 0.2) is 137 Å². The van der Waals surface area contributed by atoms with E-state index < -0.39 is 12.1 Å². The van der Waals surface area contributed by atoms with E-state index in [9.17, 15) is 0 Å². The number of fused-ring (bicyclic) bond motifs is 3. The van der Waals surface area contributed by atoms with Crippen molar-refractivity contribution in [2.45, 2.75) is 12.1 Å². The highest BCUT2D eigenvalue weighted by atomic mass is 32.2. The predicted octanol–water partition coefficient (Wildman–Crippen LogP) is 6.91. The van der Waals surface area contributed by atoms with Crippen LogP contribution in [0.2, 0.25) is 0 Å². The van der Waals surface area contributed by atoms with Gasteiger partial charge in [0, 0.05) is 34.9 Å². The second kappa shape index (κ2) is 11.4. The van der Waals surface area contributed by atoms with Gasteiger partial charge in [0.05, 0.1) is 5.56 Å². The van der Waals surface area contributed by atoms with E-state index in [1.165, 1.54) is 12.1 Å². The Bertz CT molecular complexity index is 2010. The molecule has 1 atom stereocenters. The first kappa shape index (κ1) is 28.6. The maximum absolute atomic E-state index is 15.8. The van der Waals surface area contributed by atoms with Crippen LogP contribution >= 0.6 is 11.8 Å². The van der Waals surface area contributed by atoms with E-state index in [2.05, 4.69) is 0 Å². The summed E-state index contributed by atoms with van der Waals surface area (Å²) in [6.07, 6.45) is -0.506. The first-order chi connectivity index (χ1) is 21.8. The van der Waals surface area contributed by atoms with Crippen molar-refractivity contribution in [3.63, 3.8) is 0 Å². The Morgan fingerprint density at radius 2 is 1.33 bits per heavy atom. The molecule has 2 aliphatic rings. The molecule has 0 saturated heterocycles. The minimum atomic E-state index is -3.17. The topological polar surface area (TPSA) is 77.4 Å². The lowest BCUT2D eigenvalue weighted by Gasteiger charge is -2.32. The summed E-state index contributed by atoms with van der Waals surface area (Å²) >= 11 is 1.11. The second-order valence-electron chi connectivity index (χ2n) is 10.9. The van der Waals surface area contributed by atoms with Crippen molar-refractivity contribution in [2.24, 2.45) is 9.98 Å². The molecule has 0 aromatic heterocycles. The summed E-state index contributed by atoms with van der Waals surface area (Å²) in [6, 6.07) is 38.7. The number of nitrogens with one attached hydrogen (secondary N) is 1. The highest BCUT2D eigenvalue weighted by Gasteiger charge is 2.45. The van der Waals surface area contributed by atoms with Gasteiger partial charge in [-0.05, 0) is 52.7 Å². The number of nitrogens with two attached hydrogens (primary N) is 1. The summed E-state index contributed by atoms with van der Waals surface area (Å²) in [5, 5.41) is 15.7. The number of benzene rings is 5. The van der Waals surface area contributed by atoms with Crippen LogP contribution in [-0.4, -0.2) is 33.7 Å². The number of amidine groups is 2. The number of alkyl halides is 2. The predicted molar refractivity (Wildman–Crippen MR) is 178 cm³/mol. The Morgan fingerprint density at radius 1 is 0.756 bits per heavy atom. The van der Waals surface area contributed by atoms with Gasteiger partial charge in [0.25, 0.3) is 5.92 Å². The molecule has 5 aromatic rings. The van der Waals surface area contributed by atoms with E-state index in [-0.39, 0.29) is 16.2 Å². The Labute approximate surface area is 264 Å². The highest BCUT2D eigenvalue weighted by molar-refractivity contribution is 8.27. The van der Waals surface area contributed by atoms with Crippen molar-refractivity contribution in [1.29, 1.82) is 5.41 Å². The van der Waals surface area contributed by atoms with E-state index in [0.717, 1.165) is 39.9 Å². The second-order valence-corrected chi connectivity index (χ2v) is 12.0. The average Bonchev–Trinajstić information content (AvgIpc) is 3.31. The number of nitrogens with zero attached hydrogens (tertiary/aromatic N) is 3. The lowest BCUT2D eigenvalue weighted by Crippen LogP contribution is -2.38. The summed E-state index contributed by atoms with van der Waals surface area (Å²) in [6.45, 7) is 0. The van der Waals surface area contributed by atoms with Gasteiger partial charge in [-0.1, -0.05) is 103 Å². The quantitative estimate of drug-likeness (QED) is 0.167. The number of rotatable bonds is 5. The smallest absolute Gasteiger partial charge is 0.299 e. The van der Waals surface area contributed by atoms with Crippen molar-refractivity contribution in [2.75, 3.05) is 7.05 Å². The fraction of sp³-hybridized carbons (Fsp3) is 0.0811. The van der Waals surface area contributed by atoms with Crippen LogP contribution in [0.4, 0.5) is 8.78 Å². The van der Waals surface area contributed by atoms with Crippen LogP contribution in [0, 0.1) is 5.41 Å². The lowest BCUT2D eigenvalue weighted by atomic mass is 9.99. The Hall–Kier alpha value is -5.21. The zero-order valence-corrected chi connectivity index (χ0v) is 25.1. The van der Waals surface area contributed by atoms with E-state index in [1.54, 1.807) is 24.3 Å². The van der Waals surface area contributed by atoms with E-state index in [4.69, 9.17) is 20.8 Å². The van der Waals surface area contributed by atoms with Crippen LogP contribution in [0.25, 0.3) is 11.1 Å². The molecule has 7 rings (SSSR count). The third kappa shape index (κ3) is 5.17. The van der Waals surface area contributed by atoms with Gasteiger partial charge in [-0.25, -0.2) is 15.4 Å². The summed E-state index contributed by atoms with van der Waals surface area (Å²) < 4.78 is 31.5. The summed E-state index contributed by atoms with van der Waals surface area (Å²) in [7, 11) is 1.92. The van der Waals surface area contributed by atoms with E-state index in [0.29, 0.717) is 27.6 Å². The molecule has 8 heteroatoms. The summed E-state index contributed by atoms with van der Waals surface area (Å²) in [5.74, 6) is -1.86. The standard InChI is InChI=1S/C37H27F2N5S/c1-44-35(25-15-9-4-10-16-25)42-34(24-13-7-3-8-14-24)43-36(44)27-18-20-31-29(22-27)28-21-26(17-19-30(28)37(31,38)39)33(41)45-32(40)23-11-5-2-6-12-23/h2-22,36,40-41H,1H3/p+1. The molecule has 0 bridgehead atoms. The molecule has 1 unspecified atom stereocenters. The highest BCUT2D eigenvalue weighted by Crippen LogP contribution is 2.52. The molecule has 5 nitrogen and oxygen atoms in total. The van der Waals surface area contributed by atoms with Crippen molar-refractivity contribution in [1.82, 2.24) is 4.90 Å². The number of aliphatic imine (C=N–C) groups is 2. The molecular formula is C37H28F2N5S+. The fourth-order valence-corrected chi connectivity index (χ4v) is 6.50.